The molecule has 0 aromatic rings. The monoisotopic (exact) mass is 226 g/mol. The van der Waals surface area contributed by atoms with E-state index in [9.17, 15) is 4.79 Å². The summed E-state index contributed by atoms with van der Waals surface area (Å²) in [4.78, 5) is 13.9. The average molecular weight is 226 g/mol. The van der Waals surface area contributed by atoms with Crippen LogP contribution >= 0.6 is 0 Å². The van der Waals surface area contributed by atoms with Crippen LogP contribution in [0.1, 0.15) is 46.0 Å². The molecule has 1 N–H and O–H groups in total. The van der Waals surface area contributed by atoms with Gasteiger partial charge in [0, 0.05) is 13.6 Å². The predicted molar refractivity (Wildman–Crippen MR) is 67.4 cm³/mol. The normalized spacial score (nSPS) is 21.1. The van der Waals surface area contributed by atoms with Gasteiger partial charge in [-0.15, -0.1) is 0 Å². The first-order valence-electron chi connectivity index (χ1n) is 6.59. The number of likely N-dealkylation sites (N-methyl/N-ethyl adjacent to an activating group) is 1. The predicted octanol–water partition coefficient (Wildman–Crippen LogP) is 2.02. The summed E-state index contributed by atoms with van der Waals surface area (Å²) in [5, 5.41) is 3.31. The molecule has 1 aliphatic rings. The number of nitrogens with zero attached hydrogens (tertiary/aromatic N) is 1. The first-order chi connectivity index (χ1) is 7.61. The van der Waals surface area contributed by atoms with E-state index in [1.165, 1.54) is 19.3 Å². The van der Waals surface area contributed by atoms with Crippen LogP contribution < -0.4 is 5.32 Å². The minimum atomic E-state index is 0.0813. The van der Waals surface area contributed by atoms with Crippen molar-refractivity contribution in [3.63, 3.8) is 0 Å². The van der Waals surface area contributed by atoms with Gasteiger partial charge in [0.2, 0.25) is 5.91 Å². The molecule has 0 aliphatic carbocycles. The number of hydrogen-bond donors (Lipinski definition) is 1. The molecule has 1 saturated heterocycles. The lowest BCUT2D eigenvalue weighted by atomic mass is 10.0. The molecule has 1 heterocycles. The van der Waals surface area contributed by atoms with E-state index in [0.717, 1.165) is 31.8 Å². The van der Waals surface area contributed by atoms with E-state index >= 15 is 0 Å². The third-order valence-electron chi connectivity index (χ3n) is 3.26. The van der Waals surface area contributed by atoms with Gasteiger partial charge < -0.3 is 10.2 Å². The molecular weight excluding hydrogens is 200 g/mol. The quantitative estimate of drug-likeness (QED) is 0.778. The van der Waals surface area contributed by atoms with Gasteiger partial charge in [-0.2, -0.15) is 0 Å². The van der Waals surface area contributed by atoms with Crippen LogP contribution in [0.25, 0.3) is 0 Å². The standard InChI is InChI=1S/C13H26N2O/c1-11(2)7-6-10-15(3)13(16)12-8-4-5-9-14-12/h11-12,14H,4-10H2,1-3H3. The molecule has 0 spiro atoms. The maximum Gasteiger partial charge on any atom is 0.239 e. The topological polar surface area (TPSA) is 32.3 Å². The van der Waals surface area contributed by atoms with Crippen LogP contribution in [0.15, 0.2) is 0 Å². The zero-order valence-corrected chi connectivity index (χ0v) is 11.0. The van der Waals surface area contributed by atoms with Gasteiger partial charge in [0.1, 0.15) is 0 Å². The fourth-order valence-electron chi connectivity index (χ4n) is 2.18. The maximum atomic E-state index is 12.0. The smallest absolute Gasteiger partial charge is 0.239 e. The Bertz CT molecular complexity index is 210. The third kappa shape index (κ3) is 4.52. The Morgan fingerprint density at radius 1 is 1.44 bits per heavy atom. The van der Waals surface area contributed by atoms with Crippen molar-refractivity contribution in [2.75, 3.05) is 20.1 Å². The number of carbonyl (C=O) groups excluding carboxylic acids is 1. The van der Waals surface area contributed by atoms with Gasteiger partial charge in [-0.3, -0.25) is 4.79 Å². The van der Waals surface area contributed by atoms with Gasteiger partial charge >= 0.3 is 0 Å². The lowest BCUT2D eigenvalue weighted by molar-refractivity contribution is -0.132. The lowest BCUT2D eigenvalue weighted by Crippen LogP contribution is -2.47. The van der Waals surface area contributed by atoms with Crippen LogP contribution in [0.2, 0.25) is 0 Å². The number of hydrogen-bond acceptors (Lipinski definition) is 2. The largest absolute Gasteiger partial charge is 0.344 e. The van der Waals surface area contributed by atoms with Crippen LogP contribution in [-0.2, 0) is 4.79 Å². The van der Waals surface area contributed by atoms with Gasteiger partial charge in [0.15, 0.2) is 0 Å². The molecule has 0 bridgehead atoms. The molecule has 3 nitrogen and oxygen atoms in total. The van der Waals surface area contributed by atoms with Crippen LogP contribution in [0.5, 0.6) is 0 Å². The highest BCUT2D eigenvalue weighted by Gasteiger charge is 2.23. The molecular formula is C13H26N2O. The molecule has 1 atom stereocenters. The fourth-order valence-corrected chi connectivity index (χ4v) is 2.18. The third-order valence-corrected chi connectivity index (χ3v) is 3.26. The molecule has 16 heavy (non-hydrogen) atoms. The SMILES string of the molecule is CC(C)CCCN(C)C(=O)C1CCCCN1. The number of nitrogens with one attached hydrogen (secondary N) is 1. The first-order valence-corrected chi connectivity index (χ1v) is 6.59. The summed E-state index contributed by atoms with van der Waals surface area (Å²) in [6, 6.07) is 0.0813. The van der Waals surface area contributed by atoms with E-state index in [-0.39, 0.29) is 11.9 Å². The minimum Gasteiger partial charge on any atom is -0.344 e. The van der Waals surface area contributed by atoms with Crippen LogP contribution in [-0.4, -0.2) is 37.0 Å². The molecule has 1 amide bonds. The Hall–Kier alpha value is -0.570. The van der Waals surface area contributed by atoms with Crippen LogP contribution in [0.4, 0.5) is 0 Å². The molecule has 94 valence electrons. The molecule has 0 saturated carbocycles. The van der Waals surface area contributed by atoms with Gasteiger partial charge in [-0.1, -0.05) is 20.3 Å². The van der Waals surface area contributed by atoms with Crippen molar-refractivity contribution in [1.82, 2.24) is 10.2 Å². The van der Waals surface area contributed by atoms with Crippen molar-refractivity contribution in [3.05, 3.63) is 0 Å². The summed E-state index contributed by atoms with van der Waals surface area (Å²) < 4.78 is 0. The number of carbonyl (C=O) groups is 1. The molecule has 1 aliphatic heterocycles. The van der Waals surface area contributed by atoms with E-state index in [1.54, 1.807) is 0 Å². The highest BCUT2D eigenvalue weighted by atomic mass is 16.2. The number of amides is 1. The number of rotatable bonds is 5. The molecule has 1 fully saturated rings. The Morgan fingerprint density at radius 2 is 2.19 bits per heavy atom. The van der Waals surface area contributed by atoms with E-state index in [0.29, 0.717) is 0 Å². The molecule has 1 unspecified atom stereocenters. The van der Waals surface area contributed by atoms with Gasteiger partial charge in [-0.05, 0) is 38.1 Å². The van der Waals surface area contributed by atoms with Gasteiger partial charge in [0.05, 0.1) is 6.04 Å². The van der Waals surface area contributed by atoms with Crippen LogP contribution in [0.3, 0.4) is 0 Å². The van der Waals surface area contributed by atoms with Crippen molar-refractivity contribution >= 4 is 5.91 Å². The fraction of sp³-hybridized carbons (Fsp3) is 0.923. The van der Waals surface area contributed by atoms with Gasteiger partial charge in [-0.25, -0.2) is 0 Å². The second-order valence-electron chi connectivity index (χ2n) is 5.30. The Morgan fingerprint density at radius 3 is 2.75 bits per heavy atom. The maximum absolute atomic E-state index is 12.0. The zero-order chi connectivity index (χ0) is 12.0. The summed E-state index contributed by atoms with van der Waals surface area (Å²) in [7, 11) is 1.93. The summed E-state index contributed by atoms with van der Waals surface area (Å²) in [6.07, 6.45) is 5.72. The van der Waals surface area contributed by atoms with Crippen molar-refractivity contribution < 1.29 is 4.79 Å². The van der Waals surface area contributed by atoms with Crippen molar-refractivity contribution in [3.8, 4) is 0 Å². The highest BCUT2D eigenvalue weighted by Crippen LogP contribution is 2.10. The minimum absolute atomic E-state index is 0.0813. The first kappa shape index (κ1) is 13.5. The number of piperidine rings is 1. The molecule has 1 rings (SSSR count). The average Bonchev–Trinajstić information content (AvgIpc) is 2.28. The summed E-state index contributed by atoms with van der Waals surface area (Å²) in [5.41, 5.74) is 0. The second-order valence-corrected chi connectivity index (χ2v) is 5.30. The van der Waals surface area contributed by atoms with E-state index < -0.39 is 0 Å². The van der Waals surface area contributed by atoms with E-state index in [1.807, 2.05) is 11.9 Å². The molecule has 0 radical (unpaired) electrons. The molecule has 0 aromatic heterocycles. The van der Waals surface area contributed by atoms with E-state index in [2.05, 4.69) is 19.2 Å². The second kappa shape index (κ2) is 6.89. The molecule has 3 heteroatoms. The lowest BCUT2D eigenvalue weighted by Gasteiger charge is -2.27. The zero-order valence-electron chi connectivity index (χ0n) is 11.0. The molecule has 0 aromatic carbocycles. The summed E-state index contributed by atoms with van der Waals surface area (Å²) in [6.45, 7) is 6.35. The highest BCUT2D eigenvalue weighted by molar-refractivity contribution is 5.81. The Balaban J connectivity index is 2.23. The van der Waals surface area contributed by atoms with Gasteiger partial charge in [0.25, 0.3) is 0 Å². The van der Waals surface area contributed by atoms with Crippen molar-refractivity contribution in [1.29, 1.82) is 0 Å². The van der Waals surface area contributed by atoms with Crippen molar-refractivity contribution in [2.45, 2.75) is 52.0 Å². The summed E-state index contributed by atoms with van der Waals surface area (Å²) >= 11 is 0. The Labute approximate surface area is 99.6 Å². The Kier molecular flexibility index (Phi) is 5.81. The van der Waals surface area contributed by atoms with Crippen LogP contribution in [0, 0.1) is 5.92 Å². The van der Waals surface area contributed by atoms with E-state index in [4.69, 9.17) is 0 Å². The van der Waals surface area contributed by atoms with Crippen molar-refractivity contribution in [2.24, 2.45) is 5.92 Å². The summed E-state index contributed by atoms with van der Waals surface area (Å²) in [5.74, 6) is 1.01.